The molecule has 0 amide bonds. The molecule has 0 saturated carbocycles. The van der Waals surface area contributed by atoms with Crippen LogP contribution in [0.4, 0.5) is 0 Å². The molecule has 0 fully saturated rings. The highest BCUT2D eigenvalue weighted by Gasteiger charge is 2.19. The lowest BCUT2D eigenvalue weighted by Crippen LogP contribution is -2.34. The fourth-order valence-electron chi connectivity index (χ4n) is 0.721. The Morgan fingerprint density at radius 3 is 1.89 bits per heavy atom. The maximum absolute atomic E-state index is 5.86. The molecule has 0 unspecified atom stereocenters. The van der Waals surface area contributed by atoms with Crippen molar-refractivity contribution in [1.29, 1.82) is 0 Å². The standard InChI is InChI=1S/C6H18OSi2/c1-6-9(4,5)7-8(2)3/h8H,6H2,1-5H3. The van der Waals surface area contributed by atoms with Crippen LogP contribution in [0.1, 0.15) is 6.92 Å². The van der Waals surface area contributed by atoms with Crippen LogP contribution in [0.2, 0.25) is 32.2 Å². The van der Waals surface area contributed by atoms with E-state index in [1.54, 1.807) is 0 Å². The minimum Gasteiger partial charge on any atom is -0.458 e. The van der Waals surface area contributed by atoms with Gasteiger partial charge in [-0.25, -0.2) is 0 Å². The van der Waals surface area contributed by atoms with Gasteiger partial charge in [-0.05, 0) is 32.2 Å². The second kappa shape index (κ2) is 3.53. The Morgan fingerprint density at radius 2 is 1.78 bits per heavy atom. The average Bonchev–Trinajstić information content (AvgIpc) is 1.63. The van der Waals surface area contributed by atoms with Crippen molar-refractivity contribution in [3.8, 4) is 0 Å². The summed E-state index contributed by atoms with van der Waals surface area (Å²) in [5.41, 5.74) is 0. The highest BCUT2D eigenvalue weighted by Crippen LogP contribution is 2.10. The fraction of sp³-hybridized carbons (Fsp3) is 1.00. The van der Waals surface area contributed by atoms with Gasteiger partial charge in [-0.15, -0.1) is 0 Å². The van der Waals surface area contributed by atoms with Crippen molar-refractivity contribution < 1.29 is 4.12 Å². The van der Waals surface area contributed by atoms with E-state index in [4.69, 9.17) is 4.12 Å². The Labute approximate surface area is 61.3 Å². The van der Waals surface area contributed by atoms with E-state index in [-0.39, 0.29) is 0 Å². The Morgan fingerprint density at radius 1 is 1.33 bits per heavy atom. The third-order valence-corrected chi connectivity index (χ3v) is 7.55. The Bertz CT molecular complexity index is 81.1. The van der Waals surface area contributed by atoms with Crippen LogP contribution in [0, 0.1) is 0 Å². The van der Waals surface area contributed by atoms with E-state index in [9.17, 15) is 0 Å². The van der Waals surface area contributed by atoms with E-state index < -0.39 is 17.4 Å². The van der Waals surface area contributed by atoms with Gasteiger partial charge in [0.1, 0.15) is 0 Å². The SMILES string of the molecule is CC[Si](C)(C)O[SiH](C)C. The minimum absolute atomic E-state index is 0.751. The molecule has 56 valence electrons. The molecule has 0 heterocycles. The van der Waals surface area contributed by atoms with E-state index in [0.29, 0.717) is 0 Å². The molecule has 0 aromatic carbocycles. The van der Waals surface area contributed by atoms with Crippen molar-refractivity contribution in [1.82, 2.24) is 0 Å². The van der Waals surface area contributed by atoms with Gasteiger partial charge in [0.2, 0.25) is 0 Å². The molecule has 1 nitrogen and oxygen atoms in total. The van der Waals surface area contributed by atoms with Gasteiger partial charge in [0, 0.05) is 0 Å². The molecule has 0 aliphatic rings. The van der Waals surface area contributed by atoms with Crippen LogP contribution in [-0.4, -0.2) is 17.4 Å². The van der Waals surface area contributed by atoms with Crippen LogP contribution in [0.15, 0.2) is 0 Å². The topological polar surface area (TPSA) is 9.23 Å². The molecule has 0 aromatic rings. The number of hydrogen-bond donors (Lipinski definition) is 0. The quantitative estimate of drug-likeness (QED) is 0.578. The summed E-state index contributed by atoms with van der Waals surface area (Å²) < 4.78 is 5.86. The molecule has 3 heteroatoms. The van der Waals surface area contributed by atoms with Crippen LogP contribution < -0.4 is 0 Å². The van der Waals surface area contributed by atoms with Crippen molar-refractivity contribution >= 4 is 17.4 Å². The molecule has 0 aromatic heterocycles. The molecule has 0 saturated heterocycles. The van der Waals surface area contributed by atoms with Crippen molar-refractivity contribution in [3.63, 3.8) is 0 Å². The predicted octanol–water partition coefficient (Wildman–Crippen LogP) is 2.21. The molecule has 0 rings (SSSR count). The molecular weight excluding hydrogens is 144 g/mol. The predicted molar refractivity (Wildman–Crippen MR) is 47.9 cm³/mol. The monoisotopic (exact) mass is 162 g/mol. The summed E-state index contributed by atoms with van der Waals surface area (Å²) in [6, 6.07) is 1.25. The summed E-state index contributed by atoms with van der Waals surface area (Å²) in [5.74, 6) is 0. The van der Waals surface area contributed by atoms with Gasteiger partial charge >= 0.3 is 0 Å². The van der Waals surface area contributed by atoms with Gasteiger partial charge in [0.25, 0.3) is 0 Å². The Kier molecular flexibility index (Phi) is 3.69. The molecular formula is C6H18OSi2. The lowest BCUT2D eigenvalue weighted by Gasteiger charge is -2.23. The second-order valence-electron chi connectivity index (χ2n) is 3.28. The van der Waals surface area contributed by atoms with Gasteiger partial charge < -0.3 is 4.12 Å². The summed E-state index contributed by atoms with van der Waals surface area (Å²) in [4.78, 5) is 0. The van der Waals surface area contributed by atoms with Crippen LogP contribution in [0.25, 0.3) is 0 Å². The normalized spacial score (nSPS) is 12.7. The zero-order valence-electron chi connectivity index (χ0n) is 7.19. The van der Waals surface area contributed by atoms with E-state index in [0.717, 1.165) is 0 Å². The number of rotatable bonds is 3. The highest BCUT2D eigenvalue weighted by molar-refractivity contribution is 6.77. The first kappa shape index (κ1) is 9.39. The zero-order valence-corrected chi connectivity index (χ0v) is 9.35. The van der Waals surface area contributed by atoms with Crippen molar-refractivity contribution in [2.75, 3.05) is 0 Å². The minimum atomic E-state index is -1.18. The maximum Gasteiger partial charge on any atom is 0.172 e. The Hall–Kier alpha value is 0.394. The van der Waals surface area contributed by atoms with Crippen LogP contribution in [0.3, 0.4) is 0 Å². The molecule has 0 aliphatic heterocycles. The maximum atomic E-state index is 5.86. The van der Waals surface area contributed by atoms with Crippen molar-refractivity contribution in [2.45, 2.75) is 39.2 Å². The smallest absolute Gasteiger partial charge is 0.172 e. The first-order valence-corrected chi connectivity index (χ1v) is 9.55. The van der Waals surface area contributed by atoms with Gasteiger partial charge in [-0.2, -0.15) is 0 Å². The summed E-state index contributed by atoms with van der Waals surface area (Å²) in [5, 5.41) is 0. The Balaban J connectivity index is 3.58. The van der Waals surface area contributed by atoms with Gasteiger partial charge in [0.15, 0.2) is 17.4 Å². The molecule has 0 bridgehead atoms. The summed E-state index contributed by atoms with van der Waals surface area (Å²) in [6.07, 6.45) is 0. The molecule has 9 heavy (non-hydrogen) atoms. The molecule has 0 atom stereocenters. The van der Waals surface area contributed by atoms with Crippen molar-refractivity contribution in [3.05, 3.63) is 0 Å². The van der Waals surface area contributed by atoms with E-state index in [1.165, 1.54) is 6.04 Å². The van der Waals surface area contributed by atoms with Crippen LogP contribution >= 0.6 is 0 Å². The third-order valence-electron chi connectivity index (χ3n) is 1.41. The fourth-order valence-corrected chi connectivity index (χ4v) is 6.49. The first-order chi connectivity index (χ1) is 3.98. The first-order valence-electron chi connectivity index (χ1n) is 3.66. The average molecular weight is 162 g/mol. The molecule has 0 spiro atoms. The lowest BCUT2D eigenvalue weighted by atomic mass is 11.0. The highest BCUT2D eigenvalue weighted by atomic mass is 28.4. The van der Waals surface area contributed by atoms with E-state index >= 15 is 0 Å². The van der Waals surface area contributed by atoms with Gasteiger partial charge in [0.05, 0.1) is 0 Å². The van der Waals surface area contributed by atoms with E-state index in [2.05, 4.69) is 33.1 Å². The molecule has 0 radical (unpaired) electrons. The van der Waals surface area contributed by atoms with Gasteiger partial charge in [-0.1, -0.05) is 6.92 Å². The van der Waals surface area contributed by atoms with Crippen LogP contribution in [0.5, 0.6) is 0 Å². The second-order valence-corrected chi connectivity index (χ2v) is 10.5. The summed E-state index contributed by atoms with van der Waals surface area (Å²) in [6.45, 7) is 11.3. The van der Waals surface area contributed by atoms with Crippen LogP contribution in [-0.2, 0) is 4.12 Å². The largest absolute Gasteiger partial charge is 0.458 e. The molecule has 0 N–H and O–H groups in total. The van der Waals surface area contributed by atoms with E-state index in [1.807, 2.05) is 0 Å². The van der Waals surface area contributed by atoms with Gasteiger partial charge in [-0.3, -0.25) is 0 Å². The molecule has 0 aliphatic carbocycles. The summed E-state index contributed by atoms with van der Waals surface area (Å²) >= 11 is 0. The lowest BCUT2D eigenvalue weighted by molar-refractivity contribution is 0.573. The number of hydrogen-bond acceptors (Lipinski definition) is 1. The zero-order chi connectivity index (χ0) is 7.49. The third kappa shape index (κ3) is 4.87. The summed E-state index contributed by atoms with van der Waals surface area (Å²) in [7, 11) is -1.93. The van der Waals surface area contributed by atoms with Crippen molar-refractivity contribution in [2.24, 2.45) is 0 Å².